The van der Waals surface area contributed by atoms with Crippen molar-refractivity contribution >= 4 is 17.7 Å². The zero-order valence-electron chi connectivity index (χ0n) is 10.7. The summed E-state index contributed by atoms with van der Waals surface area (Å²) in [6, 6.07) is 5.87. The maximum Gasteiger partial charge on any atom is 0.276 e. The van der Waals surface area contributed by atoms with Gasteiger partial charge in [-0.15, -0.1) is 0 Å². The monoisotopic (exact) mass is 292 g/mol. The highest BCUT2D eigenvalue weighted by Crippen LogP contribution is 2.22. The van der Waals surface area contributed by atoms with Gasteiger partial charge in [-0.3, -0.25) is 4.79 Å². The molecule has 1 amide bonds. The topological polar surface area (TPSA) is 61.9 Å². The minimum atomic E-state index is -0.321. The summed E-state index contributed by atoms with van der Waals surface area (Å²) in [5.74, 6) is 1.43. The molecule has 1 aliphatic heterocycles. The fraction of sp³-hybridized carbons (Fsp3) is 0.308. The van der Waals surface area contributed by atoms with Gasteiger partial charge in [0.15, 0.2) is 5.69 Å². The molecule has 0 unspecified atom stereocenters. The van der Waals surface area contributed by atoms with E-state index < -0.39 is 0 Å². The molecule has 1 aromatic carbocycles. The summed E-state index contributed by atoms with van der Waals surface area (Å²) in [7, 11) is 0. The van der Waals surface area contributed by atoms with Crippen molar-refractivity contribution in [1.29, 1.82) is 0 Å². The van der Waals surface area contributed by atoms with E-state index in [1.165, 1.54) is 12.1 Å². The number of aromatic nitrogens is 3. The zero-order chi connectivity index (χ0) is 13.9. The number of benzene rings is 1. The van der Waals surface area contributed by atoms with Crippen molar-refractivity contribution in [3.05, 3.63) is 35.8 Å². The number of carbonyl (C=O) groups excluding carboxylic acids is 1. The van der Waals surface area contributed by atoms with E-state index in [0.29, 0.717) is 17.0 Å². The van der Waals surface area contributed by atoms with Gasteiger partial charge < -0.3 is 4.90 Å². The molecule has 2 heterocycles. The number of halogens is 1. The largest absolute Gasteiger partial charge is 0.336 e. The third-order valence-corrected chi connectivity index (χ3v) is 4.11. The van der Waals surface area contributed by atoms with Crippen LogP contribution >= 0.6 is 11.8 Å². The van der Waals surface area contributed by atoms with Crippen LogP contribution in [0.15, 0.2) is 24.3 Å². The van der Waals surface area contributed by atoms with Gasteiger partial charge in [0.25, 0.3) is 5.91 Å². The number of hydrogen-bond donors (Lipinski definition) is 1. The molecule has 5 nitrogen and oxygen atoms in total. The van der Waals surface area contributed by atoms with Crippen molar-refractivity contribution in [3.63, 3.8) is 0 Å². The Labute approximate surface area is 119 Å². The summed E-state index contributed by atoms with van der Waals surface area (Å²) >= 11 is 1.84. The highest BCUT2D eigenvalue weighted by molar-refractivity contribution is 7.99. The van der Waals surface area contributed by atoms with Crippen LogP contribution in [-0.2, 0) is 0 Å². The number of hydrogen-bond acceptors (Lipinski definition) is 4. The summed E-state index contributed by atoms with van der Waals surface area (Å²) in [6.07, 6.45) is 0. The Morgan fingerprint density at radius 3 is 2.60 bits per heavy atom. The molecule has 1 aliphatic rings. The second-order valence-corrected chi connectivity index (χ2v) is 5.66. The Morgan fingerprint density at radius 2 is 1.90 bits per heavy atom. The predicted octanol–water partition coefficient (Wildman–Crippen LogP) is 1.80. The van der Waals surface area contributed by atoms with Gasteiger partial charge in [0.1, 0.15) is 11.5 Å². The van der Waals surface area contributed by atoms with Crippen LogP contribution in [-0.4, -0.2) is 50.8 Å². The molecule has 104 valence electrons. The summed E-state index contributed by atoms with van der Waals surface area (Å²) in [6.45, 7) is 1.44. The number of nitrogens with zero attached hydrogens (tertiary/aromatic N) is 3. The van der Waals surface area contributed by atoms with E-state index in [0.717, 1.165) is 24.6 Å². The van der Waals surface area contributed by atoms with Crippen molar-refractivity contribution in [2.75, 3.05) is 24.6 Å². The molecule has 0 aliphatic carbocycles. The van der Waals surface area contributed by atoms with Gasteiger partial charge in [0.05, 0.1) is 0 Å². The maximum atomic E-state index is 13.0. The Morgan fingerprint density at radius 1 is 1.20 bits per heavy atom. The van der Waals surface area contributed by atoms with Crippen molar-refractivity contribution in [3.8, 4) is 11.3 Å². The first-order valence-corrected chi connectivity index (χ1v) is 7.45. The first-order chi connectivity index (χ1) is 9.75. The summed E-state index contributed by atoms with van der Waals surface area (Å²) in [4.78, 5) is 14.2. The van der Waals surface area contributed by atoms with Gasteiger partial charge in [-0.05, 0) is 24.3 Å². The SMILES string of the molecule is O=C(c1n[nH]nc1-c1ccc(F)cc1)N1CCSCC1. The van der Waals surface area contributed by atoms with E-state index >= 15 is 0 Å². The van der Waals surface area contributed by atoms with E-state index in [-0.39, 0.29) is 11.7 Å². The molecule has 7 heteroatoms. The van der Waals surface area contributed by atoms with Crippen molar-refractivity contribution < 1.29 is 9.18 Å². The molecular formula is C13H13FN4OS. The van der Waals surface area contributed by atoms with Crippen molar-refractivity contribution in [2.24, 2.45) is 0 Å². The van der Waals surface area contributed by atoms with Crippen molar-refractivity contribution in [1.82, 2.24) is 20.3 Å². The summed E-state index contributed by atoms with van der Waals surface area (Å²) in [5.41, 5.74) is 1.44. The molecule has 0 saturated carbocycles. The van der Waals surface area contributed by atoms with E-state index in [2.05, 4.69) is 15.4 Å². The minimum Gasteiger partial charge on any atom is -0.336 e. The Bertz CT molecular complexity index is 607. The van der Waals surface area contributed by atoms with Gasteiger partial charge in [0, 0.05) is 30.2 Å². The highest BCUT2D eigenvalue weighted by atomic mass is 32.2. The molecule has 0 bridgehead atoms. The number of aromatic amines is 1. The molecule has 0 radical (unpaired) electrons. The maximum absolute atomic E-state index is 13.0. The van der Waals surface area contributed by atoms with Crippen LogP contribution in [0.2, 0.25) is 0 Å². The van der Waals surface area contributed by atoms with Gasteiger partial charge in [0.2, 0.25) is 0 Å². The van der Waals surface area contributed by atoms with Crippen molar-refractivity contribution in [2.45, 2.75) is 0 Å². The fourth-order valence-corrected chi connectivity index (χ4v) is 3.01. The predicted molar refractivity (Wildman–Crippen MR) is 75.0 cm³/mol. The molecule has 1 aromatic heterocycles. The zero-order valence-corrected chi connectivity index (χ0v) is 11.5. The smallest absolute Gasteiger partial charge is 0.276 e. The minimum absolute atomic E-state index is 0.127. The summed E-state index contributed by atoms with van der Waals surface area (Å²) < 4.78 is 13.0. The van der Waals surface area contributed by atoms with E-state index in [9.17, 15) is 9.18 Å². The Hall–Kier alpha value is -1.89. The van der Waals surface area contributed by atoms with Gasteiger partial charge in [-0.1, -0.05) is 0 Å². The van der Waals surface area contributed by atoms with E-state index in [1.54, 1.807) is 17.0 Å². The van der Waals surface area contributed by atoms with Gasteiger partial charge in [-0.2, -0.15) is 27.2 Å². The highest BCUT2D eigenvalue weighted by Gasteiger charge is 2.24. The normalized spacial score (nSPS) is 15.3. The second-order valence-electron chi connectivity index (χ2n) is 4.43. The van der Waals surface area contributed by atoms with Crippen LogP contribution in [0.1, 0.15) is 10.5 Å². The van der Waals surface area contributed by atoms with Crippen LogP contribution in [0.4, 0.5) is 4.39 Å². The van der Waals surface area contributed by atoms with Crippen LogP contribution < -0.4 is 0 Å². The van der Waals surface area contributed by atoms with E-state index in [4.69, 9.17) is 0 Å². The molecule has 1 N–H and O–H groups in total. The quantitative estimate of drug-likeness (QED) is 0.917. The molecular weight excluding hydrogens is 279 g/mol. The van der Waals surface area contributed by atoms with Gasteiger partial charge in [-0.25, -0.2) is 4.39 Å². The molecule has 2 aromatic rings. The van der Waals surface area contributed by atoms with E-state index in [1.807, 2.05) is 11.8 Å². The Kier molecular flexibility index (Phi) is 3.68. The molecule has 0 atom stereocenters. The average molecular weight is 292 g/mol. The van der Waals surface area contributed by atoms with Gasteiger partial charge >= 0.3 is 0 Å². The lowest BCUT2D eigenvalue weighted by atomic mass is 10.1. The average Bonchev–Trinajstić information content (AvgIpc) is 2.97. The fourth-order valence-electron chi connectivity index (χ4n) is 2.11. The lowest BCUT2D eigenvalue weighted by Gasteiger charge is -2.25. The number of amides is 1. The molecule has 20 heavy (non-hydrogen) atoms. The number of carbonyl (C=O) groups is 1. The third kappa shape index (κ3) is 2.53. The lowest BCUT2D eigenvalue weighted by Crippen LogP contribution is -2.38. The van der Waals surface area contributed by atoms with Crippen LogP contribution in [0, 0.1) is 5.82 Å². The third-order valence-electron chi connectivity index (χ3n) is 3.17. The second kappa shape index (κ2) is 5.62. The number of rotatable bonds is 2. The number of nitrogens with one attached hydrogen (secondary N) is 1. The molecule has 3 rings (SSSR count). The first kappa shape index (κ1) is 13.1. The van der Waals surface area contributed by atoms with Crippen LogP contribution in [0.25, 0.3) is 11.3 Å². The summed E-state index contributed by atoms with van der Waals surface area (Å²) in [5, 5.41) is 10.5. The number of thioether (sulfide) groups is 1. The molecule has 1 fully saturated rings. The van der Waals surface area contributed by atoms with Crippen LogP contribution in [0.5, 0.6) is 0 Å². The van der Waals surface area contributed by atoms with Crippen LogP contribution in [0.3, 0.4) is 0 Å². The first-order valence-electron chi connectivity index (χ1n) is 6.29. The molecule has 0 spiro atoms. The number of H-pyrrole nitrogens is 1. The standard InChI is InChI=1S/C13H13FN4OS/c14-10-3-1-9(2-4-10)11-12(16-17-15-11)13(19)18-5-7-20-8-6-18/h1-4H,5-8H2,(H,15,16,17). The Balaban J connectivity index is 1.89. The lowest BCUT2D eigenvalue weighted by molar-refractivity contribution is 0.0767. The molecule has 1 saturated heterocycles.